The van der Waals surface area contributed by atoms with Crippen molar-refractivity contribution in [2.45, 2.75) is 25.6 Å². The first-order valence-electron chi connectivity index (χ1n) is 3.71. The molecule has 3 heteroatoms. The second-order valence-corrected chi connectivity index (χ2v) is 4.47. The summed E-state index contributed by atoms with van der Waals surface area (Å²) in [6, 6.07) is 0. The highest BCUT2D eigenvalue weighted by Gasteiger charge is 2.02. The molecule has 0 amide bonds. The maximum atomic E-state index is 4.44. The largest absolute Gasteiger partial charge is 0.245 e. The third-order valence-corrected chi connectivity index (χ3v) is 3.13. The van der Waals surface area contributed by atoms with Crippen LogP contribution in [0.4, 0.5) is 0 Å². The van der Waals surface area contributed by atoms with Gasteiger partial charge in [0.1, 0.15) is 5.01 Å². The Balaban J connectivity index is 2.58. The van der Waals surface area contributed by atoms with E-state index >= 15 is 0 Å². The van der Waals surface area contributed by atoms with E-state index in [0.717, 1.165) is 11.8 Å². The molecule has 0 aliphatic carbocycles. The number of hydrogen-bond acceptors (Lipinski definition) is 2. The Morgan fingerprint density at radius 2 is 2.36 bits per heavy atom. The minimum Gasteiger partial charge on any atom is -0.245 e. The molecule has 1 rings (SSSR count). The van der Waals surface area contributed by atoms with Crippen LogP contribution in [-0.2, 0) is 11.8 Å². The molecule has 11 heavy (non-hydrogen) atoms. The summed E-state index contributed by atoms with van der Waals surface area (Å²) >= 11 is 5.12. The van der Waals surface area contributed by atoms with E-state index in [1.807, 2.05) is 0 Å². The predicted molar refractivity (Wildman–Crippen MR) is 53.3 cm³/mol. The van der Waals surface area contributed by atoms with Gasteiger partial charge >= 0.3 is 0 Å². The third-order valence-electron chi connectivity index (χ3n) is 1.33. The van der Waals surface area contributed by atoms with E-state index < -0.39 is 0 Å². The minimum absolute atomic E-state index is 0.709. The van der Waals surface area contributed by atoms with Gasteiger partial charge in [-0.2, -0.15) is 0 Å². The molecule has 0 atom stereocenters. The molecule has 0 aliphatic rings. The summed E-state index contributed by atoms with van der Waals surface area (Å²) in [6.45, 7) is 4.43. The Hall–Kier alpha value is 0.110. The fraction of sp³-hybridized carbons (Fsp3) is 0.625. The molecule has 0 aliphatic heterocycles. The van der Waals surface area contributed by atoms with E-state index in [1.54, 1.807) is 11.3 Å². The zero-order chi connectivity index (χ0) is 8.27. The molecule has 0 fully saturated rings. The van der Waals surface area contributed by atoms with Crippen LogP contribution in [0.5, 0.6) is 0 Å². The number of rotatable bonds is 3. The van der Waals surface area contributed by atoms with Crippen LogP contribution in [0, 0.1) is 5.92 Å². The molecule has 0 bridgehead atoms. The van der Waals surface area contributed by atoms with E-state index in [1.165, 1.54) is 10.7 Å². The van der Waals surface area contributed by atoms with Crippen molar-refractivity contribution in [3.8, 4) is 0 Å². The van der Waals surface area contributed by atoms with Crippen LogP contribution in [0.1, 0.15) is 24.5 Å². The molecular formula is C8H12BrNS. The van der Waals surface area contributed by atoms with Crippen LogP contribution in [-0.4, -0.2) is 4.98 Å². The summed E-state index contributed by atoms with van der Waals surface area (Å²) in [7, 11) is 0. The zero-order valence-corrected chi connectivity index (χ0v) is 9.20. The lowest BCUT2D eigenvalue weighted by Gasteiger charge is -1.98. The second kappa shape index (κ2) is 4.21. The maximum absolute atomic E-state index is 4.44. The molecular weight excluding hydrogens is 222 g/mol. The molecule has 0 unspecified atom stereocenters. The summed E-state index contributed by atoms with van der Waals surface area (Å²) in [4.78, 5) is 4.44. The van der Waals surface area contributed by atoms with Crippen LogP contribution < -0.4 is 0 Å². The van der Waals surface area contributed by atoms with Crippen LogP contribution in [0.25, 0.3) is 0 Å². The quantitative estimate of drug-likeness (QED) is 0.731. The van der Waals surface area contributed by atoms with E-state index in [9.17, 15) is 0 Å². The van der Waals surface area contributed by atoms with E-state index in [-0.39, 0.29) is 0 Å². The Morgan fingerprint density at radius 3 is 2.82 bits per heavy atom. The van der Waals surface area contributed by atoms with Crippen molar-refractivity contribution in [2.75, 3.05) is 0 Å². The molecule has 0 spiro atoms. The van der Waals surface area contributed by atoms with Gasteiger partial charge in [0.25, 0.3) is 0 Å². The zero-order valence-electron chi connectivity index (χ0n) is 6.80. The number of alkyl halides is 1. The number of halogens is 1. The standard InChI is InChI=1S/C8H12BrNS/c1-6(2)3-7-5-11-8(4-9)10-7/h5-6H,3-4H2,1-2H3. The summed E-state index contributed by atoms with van der Waals surface area (Å²) < 4.78 is 0. The van der Waals surface area contributed by atoms with Crippen molar-refractivity contribution in [1.82, 2.24) is 4.98 Å². The van der Waals surface area contributed by atoms with Gasteiger partial charge < -0.3 is 0 Å². The van der Waals surface area contributed by atoms with Gasteiger partial charge in [-0.05, 0) is 12.3 Å². The van der Waals surface area contributed by atoms with Gasteiger partial charge in [0, 0.05) is 5.38 Å². The van der Waals surface area contributed by atoms with Crippen molar-refractivity contribution < 1.29 is 0 Å². The van der Waals surface area contributed by atoms with Crippen molar-refractivity contribution in [3.05, 3.63) is 16.1 Å². The summed E-state index contributed by atoms with van der Waals surface area (Å²) in [5.74, 6) is 0.709. The fourth-order valence-electron chi connectivity index (χ4n) is 0.922. The average Bonchev–Trinajstić information content (AvgIpc) is 2.34. The van der Waals surface area contributed by atoms with E-state index in [2.05, 4.69) is 40.1 Å². The lowest BCUT2D eigenvalue weighted by Crippen LogP contribution is -1.93. The Morgan fingerprint density at radius 1 is 1.64 bits per heavy atom. The Bertz CT molecular complexity index is 220. The first-order chi connectivity index (χ1) is 5.22. The topological polar surface area (TPSA) is 12.9 Å². The van der Waals surface area contributed by atoms with Crippen molar-refractivity contribution in [1.29, 1.82) is 0 Å². The molecule has 0 aromatic carbocycles. The molecule has 1 heterocycles. The van der Waals surface area contributed by atoms with E-state index in [0.29, 0.717) is 5.92 Å². The summed E-state index contributed by atoms with van der Waals surface area (Å²) in [5, 5.41) is 4.22. The van der Waals surface area contributed by atoms with Gasteiger partial charge in [-0.3, -0.25) is 0 Å². The van der Waals surface area contributed by atoms with Gasteiger partial charge in [-0.1, -0.05) is 29.8 Å². The third kappa shape index (κ3) is 2.91. The predicted octanol–water partition coefficient (Wildman–Crippen LogP) is 3.24. The first-order valence-corrected chi connectivity index (χ1v) is 5.71. The number of thiazole rings is 1. The molecule has 1 nitrogen and oxygen atoms in total. The molecule has 0 saturated carbocycles. The SMILES string of the molecule is CC(C)Cc1csc(CBr)n1. The van der Waals surface area contributed by atoms with Gasteiger partial charge in [-0.15, -0.1) is 11.3 Å². The number of aromatic nitrogens is 1. The molecule has 62 valence electrons. The van der Waals surface area contributed by atoms with Gasteiger partial charge in [0.15, 0.2) is 0 Å². The second-order valence-electron chi connectivity index (χ2n) is 2.96. The highest BCUT2D eigenvalue weighted by atomic mass is 79.9. The average molecular weight is 234 g/mol. The molecule has 1 aromatic heterocycles. The van der Waals surface area contributed by atoms with Crippen molar-refractivity contribution in [2.24, 2.45) is 5.92 Å². The molecule has 0 saturated heterocycles. The maximum Gasteiger partial charge on any atom is 0.103 e. The highest BCUT2D eigenvalue weighted by Crippen LogP contribution is 2.15. The summed E-state index contributed by atoms with van der Waals surface area (Å²) in [6.07, 6.45) is 1.10. The van der Waals surface area contributed by atoms with Crippen LogP contribution >= 0.6 is 27.3 Å². The van der Waals surface area contributed by atoms with Gasteiger partial charge in [0.2, 0.25) is 0 Å². The van der Waals surface area contributed by atoms with Crippen molar-refractivity contribution >= 4 is 27.3 Å². The van der Waals surface area contributed by atoms with Crippen LogP contribution in [0.2, 0.25) is 0 Å². The molecule has 1 aromatic rings. The lowest BCUT2D eigenvalue weighted by atomic mass is 10.1. The normalized spacial score (nSPS) is 10.9. The molecule has 0 radical (unpaired) electrons. The van der Waals surface area contributed by atoms with Crippen LogP contribution in [0.15, 0.2) is 5.38 Å². The molecule has 0 N–H and O–H groups in total. The Kier molecular flexibility index (Phi) is 3.52. The highest BCUT2D eigenvalue weighted by molar-refractivity contribution is 9.08. The minimum atomic E-state index is 0.709. The smallest absolute Gasteiger partial charge is 0.103 e. The van der Waals surface area contributed by atoms with Crippen molar-refractivity contribution in [3.63, 3.8) is 0 Å². The van der Waals surface area contributed by atoms with Gasteiger partial charge in [0.05, 0.1) is 11.0 Å². The van der Waals surface area contributed by atoms with E-state index in [4.69, 9.17) is 0 Å². The van der Waals surface area contributed by atoms with Gasteiger partial charge in [-0.25, -0.2) is 4.98 Å². The van der Waals surface area contributed by atoms with Crippen LogP contribution in [0.3, 0.4) is 0 Å². The number of nitrogens with zero attached hydrogens (tertiary/aromatic N) is 1. The summed E-state index contributed by atoms with van der Waals surface area (Å²) in [5.41, 5.74) is 1.24. The fourth-order valence-corrected chi connectivity index (χ4v) is 2.10. The first kappa shape index (κ1) is 9.20. The number of hydrogen-bond donors (Lipinski definition) is 0. The lowest BCUT2D eigenvalue weighted by molar-refractivity contribution is 0.637. The monoisotopic (exact) mass is 233 g/mol. The Labute approximate surface area is 80.0 Å².